The van der Waals surface area contributed by atoms with Gasteiger partial charge in [-0.05, 0) is 50.5 Å². The minimum absolute atomic E-state index is 0.0766. The van der Waals surface area contributed by atoms with Crippen LogP contribution in [0.15, 0.2) is 78.9 Å². The molecular weight excluding hydrogens is 365 g/mol. The molecule has 3 aromatic rings. The largest absolute Gasteiger partial charge is 0.289 e. The third kappa shape index (κ3) is 4.97. The van der Waals surface area contributed by atoms with E-state index in [0.29, 0.717) is 17.5 Å². The van der Waals surface area contributed by atoms with Gasteiger partial charge in [0.05, 0.1) is 6.04 Å². The second-order valence-corrected chi connectivity index (χ2v) is 8.12. The highest BCUT2D eigenvalue weighted by atomic mass is 19.1. The van der Waals surface area contributed by atoms with E-state index in [9.17, 15) is 14.4 Å². The summed E-state index contributed by atoms with van der Waals surface area (Å²) < 4.78 is 13.4. The standard InChI is InChI=1S/C25H25FNO2/c1-25(2,3)27(29)23(18-13-15-21(26)16-14-18)17-20-11-7-8-12-22(20)24(28)19-9-5-4-6-10-19/h4-16,23H,17H2,1-3H3. The van der Waals surface area contributed by atoms with Crippen molar-refractivity contribution in [3.63, 3.8) is 0 Å². The Bertz CT molecular complexity index is 962. The molecule has 0 aliphatic rings. The van der Waals surface area contributed by atoms with Crippen LogP contribution in [0.1, 0.15) is 53.9 Å². The zero-order chi connectivity index (χ0) is 21.0. The first-order chi connectivity index (χ1) is 13.8. The average molecular weight is 390 g/mol. The highest BCUT2D eigenvalue weighted by Crippen LogP contribution is 2.31. The van der Waals surface area contributed by atoms with Crippen LogP contribution in [0.5, 0.6) is 0 Å². The molecule has 0 amide bonds. The maximum atomic E-state index is 13.4. The number of carbonyl (C=O) groups is 1. The van der Waals surface area contributed by atoms with Gasteiger partial charge in [0.1, 0.15) is 5.82 Å². The number of benzene rings is 3. The molecule has 1 atom stereocenters. The highest BCUT2D eigenvalue weighted by Gasteiger charge is 2.31. The second kappa shape index (κ2) is 8.68. The Morgan fingerprint density at radius 1 is 0.897 bits per heavy atom. The number of nitrogens with zero attached hydrogens (tertiary/aromatic N) is 1. The molecule has 3 aromatic carbocycles. The molecule has 0 heterocycles. The fourth-order valence-corrected chi connectivity index (χ4v) is 3.36. The summed E-state index contributed by atoms with van der Waals surface area (Å²) in [6, 6.07) is 21.9. The van der Waals surface area contributed by atoms with Crippen molar-refractivity contribution in [2.45, 2.75) is 38.8 Å². The summed E-state index contributed by atoms with van der Waals surface area (Å²) in [6.07, 6.45) is 0.348. The molecule has 0 fully saturated rings. The molecule has 0 aliphatic carbocycles. The number of halogens is 1. The number of carbonyl (C=O) groups excluding carboxylic acids is 1. The van der Waals surface area contributed by atoms with Crippen LogP contribution in [0.2, 0.25) is 0 Å². The van der Waals surface area contributed by atoms with Gasteiger partial charge < -0.3 is 0 Å². The van der Waals surface area contributed by atoms with Crippen molar-refractivity contribution >= 4 is 5.78 Å². The third-order valence-corrected chi connectivity index (χ3v) is 4.91. The lowest BCUT2D eigenvalue weighted by Gasteiger charge is -2.35. The van der Waals surface area contributed by atoms with E-state index in [2.05, 4.69) is 0 Å². The van der Waals surface area contributed by atoms with Crippen LogP contribution in [0.25, 0.3) is 0 Å². The lowest BCUT2D eigenvalue weighted by atomic mass is 9.90. The first-order valence-corrected chi connectivity index (χ1v) is 9.67. The number of rotatable bonds is 6. The van der Waals surface area contributed by atoms with Crippen molar-refractivity contribution in [1.29, 1.82) is 0 Å². The molecule has 0 spiro atoms. The smallest absolute Gasteiger partial charge is 0.193 e. The van der Waals surface area contributed by atoms with Gasteiger partial charge >= 0.3 is 0 Å². The molecule has 0 aliphatic heterocycles. The van der Waals surface area contributed by atoms with E-state index in [1.807, 2.05) is 57.2 Å². The van der Waals surface area contributed by atoms with Crippen LogP contribution < -0.4 is 0 Å². The minimum atomic E-state index is -0.641. The molecule has 0 saturated carbocycles. The Morgan fingerprint density at radius 2 is 1.48 bits per heavy atom. The van der Waals surface area contributed by atoms with Gasteiger partial charge in [-0.3, -0.25) is 4.79 Å². The van der Waals surface area contributed by atoms with Crippen molar-refractivity contribution in [2.75, 3.05) is 0 Å². The number of ketones is 1. The minimum Gasteiger partial charge on any atom is -0.289 e. The van der Waals surface area contributed by atoms with E-state index in [-0.39, 0.29) is 11.6 Å². The summed E-state index contributed by atoms with van der Waals surface area (Å²) in [5.41, 5.74) is 2.05. The number of hydrogen-bond acceptors (Lipinski definition) is 2. The zero-order valence-electron chi connectivity index (χ0n) is 16.9. The third-order valence-electron chi connectivity index (χ3n) is 4.91. The quantitative estimate of drug-likeness (QED) is 0.395. The van der Waals surface area contributed by atoms with Gasteiger partial charge in [-0.15, -0.1) is 10.3 Å². The normalized spacial score (nSPS) is 12.8. The molecule has 0 N–H and O–H groups in total. The van der Waals surface area contributed by atoms with Crippen molar-refractivity contribution in [3.05, 3.63) is 107 Å². The Hall–Kier alpha value is -2.82. The van der Waals surface area contributed by atoms with E-state index >= 15 is 0 Å². The van der Waals surface area contributed by atoms with Crippen LogP contribution >= 0.6 is 0 Å². The molecule has 0 bridgehead atoms. The van der Waals surface area contributed by atoms with Crippen molar-refractivity contribution in [2.24, 2.45) is 0 Å². The second-order valence-electron chi connectivity index (χ2n) is 8.12. The lowest BCUT2D eigenvalue weighted by Crippen LogP contribution is -2.41. The molecular formula is C25H25FNO2. The number of hydrogen-bond donors (Lipinski definition) is 0. The Balaban J connectivity index is 2.00. The molecule has 4 heteroatoms. The Morgan fingerprint density at radius 3 is 2.10 bits per heavy atom. The van der Waals surface area contributed by atoms with Gasteiger partial charge in [0.15, 0.2) is 5.78 Å². The van der Waals surface area contributed by atoms with E-state index in [4.69, 9.17) is 0 Å². The first kappa shape index (κ1) is 20.9. The molecule has 1 unspecified atom stereocenters. The van der Waals surface area contributed by atoms with Gasteiger partial charge in [0.25, 0.3) is 0 Å². The fourth-order valence-electron chi connectivity index (χ4n) is 3.36. The average Bonchev–Trinajstić information content (AvgIpc) is 2.72. The van der Waals surface area contributed by atoms with E-state index in [1.54, 1.807) is 30.3 Å². The molecule has 0 aromatic heterocycles. The van der Waals surface area contributed by atoms with Crippen LogP contribution in [0, 0.1) is 5.82 Å². The van der Waals surface area contributed by atoms with Crippen molar-refractivity contribution in [3.8, 4) is 0 Å². The first-order valence-electron chi connectivity index (χ1n) is 9.67. The summed E-state index contributed by atoms with van der Waals surface area (Å²) in [5.74, 6) is -0.423. The highest BCUT2D eigenvalue weighted by molar-refractivity contribution is 6.09. The molecule has 3 rings (SSSR count). The molecule has 149 valence electrons. The summed E-state index contributed by atoms with van der Waals surface area (Å²) in [6.45, 7) is 5.53. The SMILES string of the molecule is CC(C)(C)N([O])C(Cc1ccccc1C(=O)c1ccccc1)c1ccc(F)cc1. The van der Waals surface area contributed by atoms with Crippen LogP contribution in [-0.4, -0.2) is 16.4 Å². The number of hydroxylamine groups is 2. The van der Waals surface area contributed by atoms with E-state index in [1.165, 1.54) is 12.1 Å². The topological polar surface area (TPSA) is 40.2 Å². The van der Waals surface area contributed by atoms with Gasteiger partial charge in [-0.25, -0.2) is 4.39 Å². The predicted molar refractivity (Wildman–Crippen MR) is 111 cm³/mol. The predicted octanol–water partition coefficient (Wildman–Crippen LogP) is 5.79. The van der Waals surface area contributed by atoms with Gasteiger partial charge in [-0.2, -0.15) is 0 Å². The lowest BCUT2D eigenvalue weighted by molar-refractivity contribution is -0.241. The van der Waals surface area contributed by atoms with Crippen LogP contribution in [0.3, 0.4) is 0 Å². The van der Waals surface area contributed by atoms with Crippen molar-refractivity contribution in [1.82, 2.24) is 5.06 Å². The van der Waals surface area contributed by atoms with Crippen molar-refractivity contribution < 1.29 is 14.4 Å². The van der Waals surface area contributed by atoms with Crippen LogP contribution in [-0.2, 0) is 11.6 Å². The fraction of sp³-hybridized carbons (Fsp3) is 0.240. The van der Waals surface area contributed by atoms with Gasteiger partial charge in [0, 0.05) is 16.7 Å². The zero-order valence-corrected chi connectivity index (χ0v) is 16.9. The molecule has 3 nitrogen and oxygen atoms in total. The molecule has 0 saturated heterocycles. The summed E-state index contributed by atoms with van der Waals surface area (Å²) in [5, 5.41) is 14.2. The Kier molecular flexibility index (Phi) is 6.26. The monoisotopic (exact) mass is 390 g/mol. The molecule has 1 radical (unpaired) electrons. The summed E-state index contributed by atoms with van der Waals surface area (Å²) in [4.78, 5) is 13.1. The molecule has 29 heavy (non-hydrogen) atoms. The van der Waals surface area contributed by atoms with Gasteiger partial charge in [-0.1, -0.05) is 66.7 Å². The van der Waals surface area contributed by atoms with Crippen LogP contribution in [0.4, 0.5) is 4.39 Å². The maximum Gasteiger partial charge on any atom is 0.193 e. The Labute approximate surface area is 171 Å². The summed E-state index contributed by atoms with van der Waals surface area (Å²) in [7, 11) is 0. The van der Waals surface area contributed by atoms with Gasteiger partial charge in [0.2, 0.25) is 0 Å². The van der Waals surface area contributed by atoms with E-state index < -0.39 is 11.6 Å². The van der Waals surface area contributed by atoms with E-state index in [0.717, 1.165) is 16.2 Å². The maximum absolute atomic E-state index is 13.4. The summed E-state index contributed by atoms with van der Waals surface area (Å²) >= 11 is 0.